The molecule has 0 saturated carbocycles. The van der Waals surface area contributed by atoms with Crippen LogP contribution in [-0.2, 0) is 4.79 Å². The summed E-state index contributed by atoms with van der Waals surface area (Å²) >= 11 is 1.36. The first kappa shape index (κ1) is 23.3. The molecule has 8 nitrogen and oxygen atoms in total. The van der Waals surface area contributed by atoms with Crippen LogP contribution < -0.4 is 9.70 Å². The van der Waals surface area contributed by atoms with Crippen LogP contribution in [-0.4, -0.2) is 34.3 Å². The minimum Gasteiger partial charge on any atom is -0.306 e. The van der Waals surface area contributed by atoms with Crippen LogP contribution in [0.4, 0.5) is 11.4 Å². The van der Waals surface area contributed by atoms with Crippen LogP contribution in [0.3, 0.4) is 0 Å². The van der Waals surface area contributed by atoms with E-state index in [0.717, 1.165) is 16.8 Å². The standard InChI is InChI=1S/C25H25N5O3S/c1-16(2)13-26-25-29(22(15-34-25)18-8-7-9-19(12-18)30(32)33)27-23-20-10-5-6-11-21(20)28(24(23)31)14-17(3)4/h5-12,15,17H,1,13-14H2,2-4H3. The van der Waals surface area contributed by atoms with Gasteiger partial charge in [-0.15, -0.1) is 11.3 Å². The van der Waals surface area contributed by atoms with Crippen molar-refractivity contribution in [2.24, 2.45) is 16.0 Å². The van der Waals surface area contributed by atoms with Crippen LogP contribution in [0.1, 0.15) is 26.3 Å². The molecule has 2 aromatic carbocycles. The Morgan fingerprint density at radius 3 is 2.68 bits per heavy atom. The lowest BCUT2D eigenvalue weighted by atomic mass is 10.1. The van der Waals surface area contributed by atoms with Gasteiger partial charge in [0, 0.05) is 35.2 Å². The van der Waals surface area contributed by atoms with E-state index in [9.17, 15) is 14.9 Å². The maximum Gasteiger partial charge on any atom is 0.279 e. The van der Waals surface area contributed by atoms with Crippen molar-refractivity contribution in [3.8, 4) is 11.3 Å². The first-order chi connectivity index (χ1) is 16.3. The normalized spacial score (nSPS) is 14.8. The molecule has 0 atom stereocenters. The Labute approximate surface area is 201 Å². The number of hydrogen-bond donors (Lipinski definition) is 0. The fraction of sp³-hybridized carbons (Fsp3) is 0.240. The molecule has 9 heteroatoms. The topological polar surface area (TPSA) is 93.1 Å². The number of carbonyl (C=O) groups excluding carboxylic acids is 1. The molecule has 1 aliphatic heterocycles. The summed E-state index contributed by atoms with van der Waals surface area (Å²) in [5, 5.41) is 18.0. The van der Waals surface area contributed by atoms with Gasteiger partial charge in [0.2, 0.25) is 4.80 Å². The molecule has 1 aliphatic rings. The van der Waals surface area contributed by atoms with Crippen molar-refractivity contribution in [3.05, 3.63) is 86.5 Å². The van der Waals surface area contributed by atoms with Crippen molar-refractivity contribution < 1.29 is 9.72 Å². The van der Waals surface area contributed by atoms with Gasteiger partial charge >= 0.3 is 0 Å². The summed E-state index contributed by atoms with van der Waals surface area (Å²) in [5.41, 5.74) is 4.00. The Balaban J connectivity index is 1.91. The van der Waals surface area contributed by atoms with E-state index in [4.69, 9.17) is 5.10 Å². The van der Waals surface area contributed by atoms with Gasteiger partial charge < -0.3 is 4.90 Å². The van der Waals surface area contributed by atoms with E-state index in [2.05, 4.69) is 25.4 Å². The Hall–Kier alpha value is -3.85. The van der Waals surface area contributed by atoms with Crippen molar-refractivity contribution in [1.82, 2.24) is 4.68 Å². The molecule has 0 unspecified atom stereocenters. The minimum absolute atomic E-state index is 0.0197. The summed E-state index contributed by atoms with van der Waals surface area (Å²) < 4.78 is 1.61. The molecule has 0 radical (unpaired) electrons. The lowest BCUT2D eigenvalue weighted by molar-refractivity contribution is -0.384. The Morgan fingerprint density at radius 2 is 1.97 bits per heavy atom. The molecule has 0 fully saturated rings. The molecule has 174 valence electrons. The number of aromatic nitrogens is 1. The fourth-order valence-electron chi connectivity index (χ4n) is 3.69. The molecule has 2 heterocycles. The number of nitro groups is 1. The molecule has 1 aromatic heterocycles. The smallest absolute Gasteiger partial charge is 0.279 e. The van der Waals surface area contributed by atoms with Gasteiger partial charge in [-0.1, -0.05) is 56.3 Å². The van der Waals surface area contributed by atoms with Gasteiger partial charge in [-0.25, -0.2) is 4.68 Å². The number of carbonyl (C=O) groups is 1. The third-order valence-electron chi connectivity index (χ3n) is 5.17. The van der Waals surface area contributed by atoms with Crippen molar-refractivity contribution >= 4 is 34.3 Å². The molecule has 0 bridgehead atoms. The number of thiazole rings is 1. The van der Waals surface area contributed by atoms with Crippen LogP contribution >= 0.6 is 11.3 Å². The highest BCUT2D eigenvalue weighted by atomic mass is 32.1. The number of nitro benzene ring substituents is 1. The lowest BCUT2D eigenvalue weighted by Gasteiger charge is -2.18. The summed E-state index contributed by atoms with van der Waals surface area (Å²) in [6.07, 6.45) is 0. The van der Waals surface area contributed by atoms with Crippen molar-refractivity contribution in [3.63, 3.8) is 0 Å². The van der Waals surface area contributed by atoms with Gasteiger partial charge in [0.25, 0.3) is 11.6 Å². The molecule has 0 aliphatic carbocycles. The Kier molecular flexibility index (Phi) is 6.56. The fourth-order valence-corrected chi connectivity index (χ4v) is 4.52. The Bertz CT molecular complexity index is 1380. The maximum atomic E-state index is 13.4. The van der Waals surface area contributed by atoms with E-state index < -0.39 is 4.92 Å². The maximum absolute atomic E-state index is 13.4. The molecule has 3 aromatic rings. The zero-order valence-corrected chi connectivity index (χ0v) is 20.1. The molecule has 34 heavy (non-hydrogen) atoms. The van der Waals surface area contributed by atoms with E-state index in [0.29, 0.717) is 34.9 Å². The highest BCUT2D eigenvalue weighted by molar-refractivity contribution is 7.07. The average molecular weight is 476 g/mol. The molecule has 0 spiro atoms. The summed E-state index contributed by atoms with van der Waals surface area (Å²) in [6, 6.07) is 13.9. The van der Waals surface area contributed by atoms with Gasteiger partial charge in [0.1, 0.15) is 0 Å². The van der Waals surface area contributed by atoms with Gasteiger partial charge in [-0.2, -0.15) is 5.10 Å². The number of rotatable bonds is 7. The number of hydrogen-bond acceptors (Lipinski definition) is 6. The SMILES string of the molecule is C=C(C)CN=c1scc(-c2cccc([N+](=O)[O-])c2)n1N=C1C(=O)N(CC(C)C)c2ccccc21. The monoisotopic (exact) mass is 475 g/mol. The Morgan fingerprint density at radius 1 is 1.21 bits per heavy atom. The third kappa shape index (κ3) is 4.60. The number of nitrogens with zero attached hydrogens (tertiary/aromatic N) is 5. The van der Waals surface area contributed by atoms with Gasteiger partial charge in [0.15, 0.2) is 5.71 Å². The summed E-state index contributed by atoms with van der Waals surface area (Å²) in [5.74, 6) is 0.108. The van der Waals surface area contributed by atoms with Crippen LogP contribution in [0.25, 0.3) is 11.3 Å². The zero-order chi connectivity index (χ0) is 24.4. The molecule has 4 rings (SSSR count). The van der Waals surface area contributed by atoms with E-state index in [1.54, 1.807) is 21.7 Å². The second-order valence-corrected chi connectivity index (χ2v) is 9.41. The lowest BCUT2D eigenvalue weighted by Crippen LogP contribution is -2.34. The predicted molar refractivity (Wildman–Crippen MR) is 135 cm³/mol. The van der Waals surface area contributed by atoms with E-state index in [-0.39, 0.29) is 17.5 Å². The first-order valence-corrected chi connectivity index (χ1v) is 11.7. The number of anilines is 1. The number of fused-ring (bicyclic) bond motifs is 1. The van der Waals surface area contributed by atoms with Gasteiger partial charge in [-0.3, -0.25) is 19.9 Å². The summed E-state index contributed by atoms with van der Waals surface area (Å²) in [6.45, 7) is 10.9. The second-order valence-electron chi connectivity index (χ2n) is 8.57. The minimum atomic E-state index is -0.432. The van der Waals surface area contributed by atoms with Crippen LogP contribution in [0, 0.1) is 16.0 Å². The molecule has 0 N–H and O–H groups in total. The molecule has 0 saturated heterocycles. The van der Waals surface area contributed by atoms with Crippen molar-refractivity contribution in [1.29, 1.82) is 0 Å². The van der Waals surface area contributed by atoms with E-state index in [1.807, 2.05) is 36.6 Å². The van der Waals surface area contributed by atoms with Crippen molar-refractivity contribution in [2.45, 2.75) is 20.8 Å². The van der Waals surface area contributed by atoms with E-state index in [1.165, 1.54) is 23.5 Å². The molecular weight excluding hydrogens is 450 g/mol. The number of para-hydroxylation sites is 1. The average Bonchev–Trinajstić information content (AvgIpc) is 3.32. The van der Waals surface area contributed by atoms with Crippen molar-refractivity contribution in [2.75, 3.05) is 18.0 Å². The second kappa shape index (κ2) is 9.56. The predicted octanol–water partition coefficient (Wildman–Crippen LogP) is 4.86. The molecule has 1 amide bonds. The number of non-ortho nitro benzene ring substituents is 1. The van der Waals surface area contributed by atoms with Crippen LogP contribution in [0.15, 0.2) is 76.2 Å². The largest absolute Gasteiger partial charge is 0.306 e. The van der Waals surface area contributed by atoms with Gasteiger partial charge in [0.05, 0.1) is 22.8 Å². The quantitative estimate of drug-likeness (QED) is 0.278. The van der Waals surface area contributed by atoms with Gasteiger partial charge in [-0.05, 0) is 18.9 Å². The highest BCUT2D eigenvalue weighted by Crippen LogP contribution is 2.31. The molecular formula is C25H25N5O3S. The van der Waals surface area contributed by atoms with Crippen LogP contribution in [0.2, 0.25) is 0 Å². The highest BCUT2D eigenvalue weighted by Gasteiger charge is 2.34. The first-order valence-electron chi connectivity index (χ1n) is 10.9. The summed E-state index contributed by atoms with van der Waals surface area (Å²) in [7, 11) is 0. The number of amides is 1. The van der Waals surface area contributed by atoms with Crippen LogP contribution in [0.5, 0.6) is 0 Å². The summed E-state index contributed by atoms with van der Waals surface area (Å²) in [4.78, 5) is 31.3. The zero-order valence-electron chi connectivity index (χ0n) is 19.3. The van der Waals surface area contributed by atoms with E-state index >= 15 is 0 Å². The number of benzene rings is 2. The third-order valence-corrected chi connectivity index (χ3v) is 6.02.